The van der Waals surface area contributed by atoms with Crippen molar-refractivity contribution in [3.8, 4) is 0 Å². The third-order valence-corrected chi connectivity index (χ3v) is 17.2. The Morgan fingerprint density at radius 2 is 1.83 bits per heavy atom. The van der Waals surface area contributed by atoms with Crippen molar-refractivity contribution in [1.29, 1.82) is 0 Å². The van der Waals surface area contributed by atoms with Crippen molar-refractivity contribution in [1.82, 2.24) is 5.32 Å². The number of nitrogens with one attached hydrogen (secondary N) is 2. The van der Waals surface area contributed by atoms with E-state index in [1.54, 1.807) is 0 Å². The molecular weight excluding hydrogens is 450 g/mol. The Labute approximate surface area is 163 Å². The number of alkyl halides is 2. The third-order valence-electron chi connectivity index (χ3n) is 3.15. The first-order chi connectivity index (χ1) is 11.6. The summed E-state index contributed by atoms with van der Waals surface area (Å²) in [5, 5.41) is 5.44. The Morgan fingerprint density at radius 1 is 1.17 bits per heavy atom. The molecule has 0 aliphatic carbocycles. The molecule has 1 aromatic rings. The van der Waals surface area contributed by atoms with Gasteiger partial charge in [0.05, 0.1) is 0 Å². The SMILES string of the molecule is O=C(CCCNC(=O)C(Cl)Cl)Nc1ccc([As]2SCCCS2)cc1. The van der Waals surface area contributed by atoms with Gasteiger partial charge in [-0.25, -0.2) is 0 Å². The molecule has 1 aromatic carbocycles. The number of hydrogen-bond acceptors (Lipinski definition) is 4. The van der Waals surface area contributed by atoms with Gasteiger partial charge in [0.2, 0.25) is 0 Å². The van der Waals surface area contributed by atoms with Gasteiger partial charge in [0.15, 0.2) is 0 Å². The van der Waals surface area contributed by atoms with Gasteiger partial charge in [0, 0.05) is 0 Å². The molecule has 0 spiro atoms. The summed E-state index contributed by atoms with van der Waals surface area (Å²) < 4.78 is 1.44. The van der Waals surface area contributed by atoms with Gasteiger partial charge >= 0.3 is 141 Å². The summed E-state index contributed by atoms with van der Waals surface area (Å²) in [6, 6.07) is 8.24. The minimum atomic E-state index is -1.07. The van der Waals surface area contributed by atoms with E-state index in [0.717, 1.165) is 5.69 Å². The average Bonchev–Trinajstić information content (AvgIpc) is 2.60. The molecule has 132 valence electrons. The Kier molecular flexibility index (Phi) is 9.20. The van der Waals surface area contributed by atoms with E-state index in [1.165, 1.54) is 22.3 Å². The molecule has 1 aliphatic rings. The summed E-state index contributed by atoms with van der Waals surface area (Å²) in [6.45, 7) is 0.378. The van der Waals surface area contributed by atoms with E-state index in [4.69, 9.17) is 23.2 Å². The van der Waals surface area contributed by atoms with Crippen molar-refractivity contribution < 1.29 is 9.59 Å². The Morgan fingerprint density at radius 3 is 2.46 bits per heavy atom. The van der Waals surface area contributed by atoms with Crippen LogP contribution in [0.25, 0.3) is 0 Å². The molecule has 1 fully saturated rings. The quantitative estimate of drug-likeness (QED) is 0.367. The molecule has 1 heterocycles. The third kappa shape index (κ3) is 7.09. The zero-order chi connectivity index (χ0) is 17.4. The van der Waals surface area contributed by atoms with Crippen LogP contribution in [0.2, 0.25) is 0 Å². The van der Waals surface area contributed by atoms with E-state index in [2.05, 4.69) is 42.8 Å². The van der Waals surface area contributed by atoms with Gasteiger partial charge < -0.3 is 0 Å². The number of hydrogen-bond donors (Lipinski definition) is 2. The number of anilines is 1. The maximum absolute atomic E-state index is 11.9. The van der Waals surface area contributed by atoms with Gasteiger partial charge in [-0.2, -0.15) is 0 Å². The molecule has 0 bridgehead atoms. The van der Waals surface area contributed by atoms with Crippen LogP contribution in [0.5, 0.6) is 0 Å². The molecule has 0 aromatic heterocycles. The fourth-order valence-electron chi connectivity index (χ4n) is 1.97. The van der Waals surface area contributed by atoms with Gasteiger partial charge in [-0.05, 0) is 0 Å². The predicted octanol–water partition coefficient (Wildman–Crippen LogP) is 2.89. The fraction of sp³-hybridized carbons (Fsp3) is 0.467. The Hall–Kier alpha value is -0.00156. The first-order valence-corrected chi connectivity index (χ1v) is 15.9. The Balaban J connectivity index is 1.70. The topological polar surface area (TPSA) is 58.2 Å². The van der Waals surface area contributed by atoms with Crippen LogP contribution in [0, 0.1) is 0 Å². The number of rotatable bonds is 7. The van der Waals surface area contributed by atoms with Crippen molar-refractivity contribution in [2.75, 3.05) is 23.4 Å². The number of amides is 2. The van der Waals surface area contributed by atoms with Crippen LogP contribution in [0.1, 0.15) is 19.3 Å². The van der Waals surface area contributed by atoms with Gasteiger partial charge in [-0.15, -0.1) is 0 Å². The van der Waals surface area contributed by atoms with Gasteiger partial charge in [0.25, 0.3) is 0 Å². The molecule has 9 heteroatoms. The molecule has 4 nitrogen and oxygen atoms in total. The van der Waals surface area contributed by atoms with E-state index in [1.807, 2.05) is 12.1 Å². The second kappa shape index (κ2) is 10.9. The summed E-state index contributed by atoms with van der Waals surface area (Å²) in [4.78, 5) is 22.0. The molecular formula is C15H19AsCl2N2O2S2. The summed E-state index contributed by atoms with van der Waals surface area (Å²) in [7, 11) is 4.24. The molecule has 0 atom stereocenters. The van der Waals surface area contributed by atoms with Crippen LogP contribution in [0.15, 0.2) is 24.3 Å². The van der Waals surface area contributed by atoms with Crippen LogP contribution in [0.4, 0.5) is 5.69 Å². The molecule has 1 aliphatic heterocycles. The monoisotopic (exact) mass is 468 g/mol. The van der Waals surface area contributed by atoms with Crippen LogP contribution in [-0.4, -0.2) is 47.0 Å². The second-order valence-corrected chi connectivity index (χ2v) is 17.9. The van der Waals surface area contributed by atoms with Crippen molar-refractivity contribution >= 4 is 77.4 Å². The Bertz CT molecular complexity index is 555. The molecule has 0 radical (unpaired) electrons. The first kappa shape index (κ1) is 20.3. The van der Waals surface area contributed by atoms with Crippen LogP contribution < -0.4 is 15.0 Å². The number of benzene rings is 1. The summed E-state index contributed by atoms with van der Waals surface area (Å²) in [6.07, 6.45) is 2.19. The molecule has 0 saturated carbocycles. The molecule has 2 amide bonds. The summed E-state index contributed by atoms with van der Waals surface area (Å²) in [5.74, 6) is 2.05. The minimum absolute atomic E-state index is 0.0652. The maximum atomic E-state index is 11.9. The summed E-state index contributed by atoms with van der Waals surface area (Å²) >= 11 is 9.85. The van der Waals surface area contributed by atoms with Gasteiger partial charge in [-0.1, -0.05) is 23.2 Å². The average molecular weight is 469 g/mol. The van der Waals surface area contributed by atoms with E-state index >= 15 is 0 Å². The molecule has 0 unspecified atom stereocenters. The summed E-state index contributed by atoms with van der Waals surface area (Å²) in [5.41, 5.74) is 0.815. The predicted molar refractivity (Wildman–Crippen MR) is 108 cm³/mol. The standard InChI is InChI=1S/C15H19AsCl2N2O2S2/c17-14(18)15(22)19-8-1-3-13(21)20-12-6-4-11(5-7-12)16-23-9-2-10-24-16/h4-7,14H,1-3,8-10H2,(H,19,22)(H,20,21). The van der Waals surface area contributed by atoms with Gasteiger partial charge in [-0.3, -0.25) is 0 Å². The van der Waals surface area contributed by atoms with Crippen molar-refractivity contribution in [3.63, 3.8) is 0 Å². The van der Waals surface area contributed by atoms with Crippen LogP contribution in [0.3, 0.4) is 0 Å². The zero-order valence-corrected chi connectivity index (χ0v) is 18.0. The normalized spacial score (nSPS) is 15.3. The number of carbonyl (C=O) groups excluding carboxylic acids is 2. The van der Waals surface area contributed by atoms with Crippen LogP contribution >= 0.6 is 43.3 Å². The van der Waals surface area contributed by atoms with Gasteiger partial charge in [0.1, 0.15) is 0 Å². The molecule has 2 N–H and O–H groups in total. The van der Waals surface area contributed by atoms with Crippen molar-refractivity contribution in [2.24, 2.45) is 0 Å². The van der Waals surface area contributed by atoms with E-state index in [0.29, 0.717) is 19.4 Å². The van der Waals surface area contributed by atoms with E-state index in [9.17, 15) is 9.59 Å². The second-order valence-electron chi connectivity index (χ2n) is 5.07. The van der Waals surface area contributed by atoms with Crippen LogP contribution in [-0.2, 0) is 9.59 Å². The van der Waals surface area contributed by atoms with E-state index in [-0.39, 0.29) is 5.91 Å². The van der Waals surface area contributed by atoms with Crippen molar-refractivity contribution in [3.05, 3.63) is 24.3 Å². The fourth-order valence-corrected chi connectivity index (χ4v) is 15.2. The van der Waals surface area contributed by atoms with E-state index < -0.39 is 23.1 Å². The molecule has 24 heavy (non-hydrogen) atoms. The van der Waals surface area contributed by atoms with Crippen molar-refractivity contribution in [2.45, 2.75) is 24.1 Å². The number of carbonyl (C=O) groups is 2. The first-order valence-electron chi connectivity index (χ1n) is 7.58. The zero-order valence-electron chi connectivity index (χ0n) is 13.0. The molecule has 2 rings (SSSR count). The number of halogens is 2. The molecule has 1 saturated heterocycles.